The Hall–Kier alpha value is -0.980. The summed E-state index contributed by atoms with van der Waals surface area (Å²) in [6.45, 7) is 3.64. The van der Waals surface area contributed by atoms with E-state index in [0.29, 0.717) is 17.8 Å². The zero-order valence-electron chi connectivity index (χ0n) is 10.6. The maximum Gasteiger partial charge on any atom is 0.254 e. The van der Waals surface area contributed by atoms with E-state index in [1.165, 1.54) is 17.7 Å². The zero-order valence-corrected chi connectivity index (χ0v) is 12.1. The average Bonchev–Trinajstić information content (AvgIpc) is 2.42. The number of nitrogens with two attached hydrogens (primary N) is 1. The predicted octanol–water partition coefficient (Wildman–Crippen LogP) is 1.10. The van der Waals surface area contributed by atoms with Crippen LogP contribution in [0.4, 0.5) is 5.69 Å². The van der Waals surface area contributed by atoms with Gasteiger partial charge in [0.1, 0.15) is 5.15 Å². The fraction of sp³-hybridized carbons (Fsp3) is 0.500. The normalized spacial score (nSPS) is 16.3. The highest BCUT2D eigenvalue weighted by molar-refractivity contribution is 7.99. The zero-order chi connectivity index (χ0) is 13.7. The second kappa shape index (κ2) is 6.98. The minimum Gasteiger partial charge on any atom is -0.397 e. The van der Waals surface area contributed by atoms with E-state index in [1.54, 1.807) is 6.07 Å². The van der Waals surface area contributed by atoms with Crippen molar-refractivity contribution in [3.63, 3.8) is 0 Å². The fourth-order valence-electron chi connectivity index (χ4n) is 1.87. The minimum atomic E-state index is -0.226. The van der Waals surface area contributed by atoms with Crippen LogP contribution in [0.1, 0.15) is 10.4 Å². The first-order chi connectivity index (χ1) is 9.16. The fourth-order valence-corrected chi connectivity index (χ4v) is 3.04. The number of halogens is 1. The van der Waals surface area contributed by atoms with Gasteiger partial charge in [0.15, 0.2) is 0 Å². The number of carbonyl (C=O) groups excluding carboxylic acids is 1. The van der Waals surface area contributed by atoms with Crippen LogP contribution in [0.5, 0.6) is 0 Å². The van der Waals surface area contributed by atoms with Crippen LogP contribution in [-0.2, 0) is 0 Å². The number of pyridine rings is 1. The van der Waals surface area contributed by atoms with Gasteiger partial charge >= 0.3 is 0 Å². The number of carbonyl (C=O) groups is 1. The van der Waals surface area contributed by atoms with Crippen molar-refractivity contribution in [2.75, 3.05) is 43.4 Å². The first kappa shape index (κ1) is 14.4. The molecule has 0 bridgehead atoms. The molecular formula is C12H17ClN4OS. The number of amides is 1. The smallest absolute Gasteiger partial charge is 0.254 e. The Morgan fingerprint density at radius 3 is 3.00 bits per heavy atom. The average molecular weight is 301 g/mol. The molecule has 19 heavy (non-hydrogen) atoms. The maximum absolute atomic E-state index is 11.9. The van der Waals surface area contributed by atoms with E-state index >= 15 is 0 Å². The Kier molecular flexibility index (Phi) is 5.30. The SMILES string of the molecule is Nc1cnc(Cl)c(C(=O)NCCN2CCSCC2)c1. The van der Waals surface area contributed by atoms with Gasteiger partial charge in [-0.25, -0.2) is 4.98 Å². The molecule has 1 aliphatic heterocycles. The molecular weight excluding hydrogens is 284 g/mol. The van der Waals surface area contributed by atoms with Gasteiger partial charge in [-0.05, 0) is 6.07 Å². The van der Waals surface area contributed by atoms with Crippen molar-refractivity contribution < 1.29 is 4.79 Å². The van der Waals surface area contributed by atoms with Gasteiger partial charge in [-0.15, -0.1) is 0 Å². The van der Waals surface area contributed by atoms with Gasteiger partial charge in [-0.1, -0.05) is 11.6 Å². The highest BCUT2D eigenvalue weighted by atomic mass is 35.5. The van der Waals surface area contributed by atoms with E-state index in [1.807, 2.05) is 11.8 Å². The molecule has 1 amide bonds. The second-order valence-electron chi connectivity index (χ2n) is 4.32. The Labute approximate surface area is 121 Å². The van der Waals surface area contributed by atoms with Gasteiger partial charge in [-0.2, -0.15) is 11.8 Å². The van der Waals surface area contributed by atoms with Gasteiger partial charge in [0.2, 0.25) is 0 Å². The van der Waals surface area contributed by atoms with Crippen molar-refractivity contribution in [3.8, 4) is 0 Å². The molecule has 0 spiro atoms. The predicted molar refractivity (Wildman–Crippen MR) is 79.8 cm³/mol. The molecule has 1 aliphatic rings. The highest BCUT2D eigenvalue weighted by Gasteiger charge is 2.13. The van der Waals surface area contributed by atoms with Gasteiger partial charge in [0, 0.05) is 37.7 Å². The molecule has 2 rings (SSSR count). The third-order valence-corrected chi connectivity index (χ3v) is 4.17. The first-order valence-corrected chi connectivity index (χ1v) is 7.69. The lowest BCUT2D eigenvalue weighted by atomic mass is 10.2. The number of nitrogens with one attached hydrogen (secondary N) is 1. The molecule has 0 radical (unpaired) electrons. The third kappa shape index (κ3) is 4.26. The maximum atomic E-state index is 11.9. The second-order valence-corrected chi connectivity index (χ2v) is 5.90. The van der Waals surface area contributed by atoms with Crippen molar-refractivity contribution in [1.82, 2.24) is 15.2 Å². The van der Waals surface area contributed by atoms with Crippen molar-refractivity contribution in [2.24, 2.45) is 0 Å². The van der Waals surface area contributed by atoms with Crippen LogP contribution < -0.4 is 11.1 Å². The molecule has 0 unspecified atom stereocenters. The van der Waals surface area contributed by atoms with Gasteiger partial charge < -0.3 is 11.1 Å². The molecule has 1 aromatic rings. The summed E-state index contributed by atoms with van der Waals surface area (Å²) in [6, 6.07) is 1.54. The van der Waals surface area contributed by atoms with Gasteiger partial charge in [0.05, 0.1) is 17.4 Å². The van der Waals surface area contributed by atoms with Gasteiger partial charge in [0.25, 0.3) is 5.91 Å². The largest absolute Gasteiger partial charge is 0.397 e. The third-order valence-electron chi connectivity index (χ3n) is 2.92. The molecule has 3 N–H and O–H groups in total. The molecule has 2 heterocycles. The Bertz CT molecular complexity index is 451. The van der Waals surface area contributed by atoms with E-state index in [9.17, 15) is 4.79 Å². The van der Waals surface area contributed by atoms with Crippen LogP contribution in [0.25, 0.3) is 0 Å². The summed E-state index contributed by atoms with van der Waals surface area (Å²) in [7, 11) is 0. The molecule has 0 aliphatic carbocycles. The van der Waals surface area contributed by atoms with Crippen molar-refractivity contribution >= 4 is 35.0 Å². The monoisotopic (exact) mass is 300 g/mol. The van der Waals surface area contributed by atoms with Crippen molar-refractivity contribution in [1.29, 1.82) is 0 Å². The number of rotatable bonds is 4. The van der Waals surface area contributed by atoms with Crippen LogP contribution >= 0.6 is 23.4 Å². The topological polar surface area (TPSA) is 71.2 Å². The number of nitrogens with zero attached hydrogens (tertiary/aromatic N) is 2. The lowest BCUT2D eigenvalue weighted by Crippen LogP contribution is -2.39. The number of aromatic nitrogens is 1. The Morgan fingerprint density at radius 2 is 2.26 bits per heavy atom. The Balaban J connectivity index is 1.82. The number of anilines is 1. The van der Waals surface area contributed by atoms with E-state index in [4.69, 9.17) is 17.3 Å². The van der Waals surface area contributed by atoms with Crippen LogP contribution in [-0.4, -0.2) is 53.5 Å². The molecule has 0 saturated carbocycles. The van der Waals surface area contributed by atoms with Crippen molar-refractivity contribution in [3.05, 3.63) is 23.0 Å². The highest BCUT2D eigenvalue weighted by Crippen LogP contribution is 2.15. The summed E-state index contributed by atoms with van der Waals surface area (Å²) >= 11 is 7.85. The Morgan fingerprint density at radius 1 is 1.53 bits per heavy atom. The summed E-state index contributed by atoms with van der Waals surface area (Å²) in [5, 5.41) is 3.03. The number of nitrogen functional groups attached to an aromatic ring is 1. The molecule has 5 nitrogen and oxygen atoms in total. The quantitative estimate of drug-likeness (QED) is 0.815. The van der Waals surface area contributed by atoms with Crippen LogP contribution in [0, 0.1) is 0 Å². The van der Waals surface area contributed by atoms with E-state index in [-0.39, 0.29) is 11.1 Å². The molecule has 0 atom stereocenters. The van der Waals surface area contributed by atoms with E-state index in [2.05, 4.69) is 15.2 Å². The molecule has 1 saturated heterocycles. The molecule has 1 aromatic heterocycles. The first-order valence-electron chi connectivity index (χ1n) is 6.16. The number of hydrogen-bond acceptors (Lipinski definition) is 5. The number of thioether (sulfide) groups is 1. The summed E-state index contributed by atoms with van der Waals surface area (Å²) < 4.78 is 0. The van der Waals surface area contributed by atoms with Crippen molar-refractivity contribution in [2.45, 2.75) is 0 Å². The van der Waals surface area contributed by atoms with Crippen LogP contribution in [0.3, 0.4) is 0 Å². The number of hydrogen-bond donors (Lipinski definition) is 2. The lowest BCUT2D eigenvalue weighted by Gasteiger charge is -2.26. The minimum absolute atomic E-state index is 0.182. The summed E-state index contributed by atoms with van der Waals surface area (Å²) in [4.78, 5) is 18.2. The summed E-state index contributed by atoms with van der Waals surface area (Å²) in [5.74, 6) is 2.11. The van der Waals surface area contributed by atoms with Gasteiger partial charge in [-0.3, -0.25) is 9.69 Å². The summed E-state index contributed by atoms with van der Waals surface area (Å²) in [5.41, 5.74) is 6.36. The standard InChI is InChI=1S/C12H17ClN4OS/c13-11-10(7-9(14)8-16-11)12(18)15-1-2-17-3-5-19-6-4-17/h7-8H,1-6,14H2,(H,15,18). The molecule has 7 heteroatoms. The molecule has 1 fully saturated rings. The van der Waals surface area contributed by atoms with Crippen LogP contribution in [0.2, 0.25) is 5.15 Å². The lowest BCUT2D eigenvalue weighted by molar-refractivity contribution is 0.0949. The molecule has 0 aromatic carbocycles. The summed E-state index contributed by atoms with van der Waals surface area (Å²) in [6.07, 6.45) is 1.44. The van der Waals surface area contributed by atoms with E-state index in [0.717, 1.165) is 19.6 Å². The van der Waals surface area contributed by atoms with E-state index < -0.39 is 0 Å². The molecule has 104 valence electrons. The van der Waals surface area contributed by atoms with Crippen LogP contribution in [0.15, 0.2) is 12.3 Å².